The molecule has 8 atom stereocenters. The van der Waals surface area contributed by atoms with Crippen LogP contribution in [0.25, 0.3) is 0 Å². The van der Waals surface area contributed by atoms with Crippen molar-refractivity contribution in [3.05, 3.63) is 122 Å². The Bertz CT molecular complexity index is 1540. The molecule has 0 aromatic carbocycles. The molecule has 14 heteroatoms. The molecule has 1 fully saturated rings. The van der Waals surface area contributed by atoms with Crippen molar-refractivity contribution < 1.29 is 63.1 Å². The van der Waals surface area contributed by atoms with Crippen molar-refractivity contribution in [2.24, 2.45) is 0 Å². The highest BCUT2D eigenvalue weighted by Crippen LogP contribution is 2.47. The Morgan fingerprint density at radius 3 is 1.53 bits per heavy atom. The van der Waals surface area contributed by atoms with E-state index in [0.717, 1.165) is 64.2 Å². The van der Waals surface area contributed by atoms with Crippen LogP contribution in [0.2, 0.25) is 0 Å². The summed E-state index contributed by atoms with van der Waals surface area (Å²) in [5, 5.41) is 50.1. The molecule has 1 saturated carbocycles. The number of phosphoric ester groups is 1. The number of hydrogen-bond acceptors (Lipinski definition) is 12. The second-order valence-corrected chi connectivity index (χ2v) is 16.0. The summed E-state index contributed by atoms with van der Waals surface area (Å²) in [5.41, 5.74) is 0. The number of allylic oxidation sites excluding steroid dienone is 20. The van der Waals surface area contributed by atoms with E-state index in [1.807, 2.05) is 54.7 Å². The predicted molar refractivity (Wildman–Crippen MR) is 244 cm³/mol. The van der Waals surface area contributed by atoms with Crippen molar-refractivity contribution in [3.8, 4) is 0 Å². The second-order valence-electron chi connectivity index (χ2n) is 14.6. The van der Waals surface area contributed by atoms with Crippen LogP contribution < -0.4 is 0 Å². The molecule has 1 rings (SSSR count). The molecule has 7 unspecified atom stereocenters. The van der Waals surface area contributed by atoms with E-state index in [4.69, 9.17) is 18.5 Å². The van der Waals surface area contributed by atoms with E-state index in [9.17, 15) is 44.6 Å². The third kappa shape index (κ3) is 28.8. The lowest BCUT2D eigenvalue weighted by Gasteiger charge is -2.41. The van der Waals surface area contributed by atoms with E-state index in [1.165, 1.54) is 0 Å². The van der Waals surface area contributed by atoms with Gasteiger partial charge in [-0.25, -0.2) is 4.57 Å². The Hall–Kier alpha value is -3.75. The number of ether oxygens (including phenoxy) is 2. The maximum Gasteiger partial charge on any atom is 0.472 e. The first-order chi connectivity index (χ1) is 29.9. The summed E-state index contributed by atoms with van der Waals surface area (Å²) in [6.07, 6.45) is 38.4. The molecule has 0 spiro atoms. The number of aliphatic hydroxyl groups is 5. The quantitative estimate of drug-likeness (QED) is 0.0121. The second kappa shape index (κ2) is 36.7. The summed E-state index contributed by atoms with van der Waals surface area (Å²) in [4.78, 5) is 35.6. The van der Waals surface area contributed by atoms with Gasteiger partial charge in [0.05, 0.1) is 6.61 Å². The minimum Gasteiger partial charge on any atom is -0.462 e. The maximum absolute atomic E-state index is 12.8. The minimum atomic E-state index is -5.15. The first kappa shape index (κ1) is 56.3. The largest absolute Gasteiger partial charge is 0.472 e. The molecule has 0 amide bonds. The Labute approximate surface area is 369 Å². The lowest BCUT2D eigenvalue weighted by molar-refractivity contribution is -0.220. The normalized spacial score (nSPS) is 23.0. The van der Waals surface area contributed by atoms with Crippen LogP contribution in [-0.2, 0) is 32.7 Å². The number of hydrogen-bond donors (Lipinski definition) is 6. The summed E-state index contributed by atoms with van der Waals surface area (Å²) >= 11 is 0. The summed E-state index contributed by atoms with van der Waals surface area (Å²) in [6.45, 7) is 2.92. The highest BCUT2D eigenvalue weighted by atomic mass is 31.2. The number of rotatable bonds is 33. The van der Waals surface area contributed by atoms with Crippen molar-refractivity contribution in [1.29, 1.82) is 0 Å². The molecule has 62 heavy (non-hydrogen) atoms. The summed E-state index contributed by atoms with van der Waals surface area (Å²) in [6, 6.07) is 0. The Morgan fingerprint density at radius 1 is 0.516 bits per heavy atom. The average Bonchev–Trinajstić information content (AvgIpc) is 3.25. The molecule has 0 aromatic heterocycles. The van der Waals surface area contributed by atoms with Crippen LogP contribution in [0.3, 0.4) is 0 Å². The number of phosphoric acid groups is 1. The molecule has 6 N–H and O–H groups in total. The zero-order chi connectivity index (χ0) is 45.7. The van der Waals surface area contributed by atoms with Gasteiger partial charge in [-0.1, -0.05) is 148 Å². The molecule has 0 radical (unpaired) electrons. The lowest BCUT2D eigenvalue weighted by Crippen LogP contribution is -2.64. The van der Waals surface area contributed by atoms with Gasteiger partial charge in [-0.3, -0.25) is 18.6 Å². The molecule has 1 aliphatic carbocycles. The number of aliphatic hydroxyl groups excluding tert-OH is 5. The van der Waals surface area contributed by atoms with E-state index in [0.29, 0.717) is 19.3 Å². The van der Waals surface area contributed by atoms with E-state index in [1.54, 1.807) is 0 Å². The topological polar surface area (TPSA) is 210 Å². The van der Waals surface area contributed by atoms with Crippen molar-refractivity contribution in [2.45, 2.75) is 153 Å². The van der Waals surface area contributed by atoms with Crippen LogP contribution >= 0.6 is 7.82 Å². The van der Waals surface area contributed by atoms with Crippen molar-refractivity contribution in [2.75, 3.05) is 13.2 Å². The Balaban J connectivity index is 2.54. The van der Waals surface area contributed by atoms with E-state index >= 15 is 0 Å². The van der Waals surface area contributed by atoms with E-state index < -0.39 is 75.7 Å². The standard InChI is InChI=1S/C48H73O13P/c1-3-5-7-9-11-13-15-17-18-19-20-21-22-23-25-26-28-30-32-34-36-41(49)58-38-40(39-59-62(56,57)61-48-46(54)44(52)43(51)45(53)47(48)55)60-42(50)37-35-33-31-29-27-24-16-14-12-10-8-6-4-2/h5-8,10-14,16-18,20-21,23-25,27,29,31,40,43-48,51-55H,3-4,9,15,19,22,26,28,30,32-39H2,1-2H3,(H,56,57)/b7-5+,8-6+,12-10+,13-11+,16-14+,18-17+,21-20+,25-23+,27-24+,31-29+/t40?,43?,44-,45?,46?,47?,48?/m0/s1. The van der Waals surface area contributed by atoms with Gasteiger partial charge in [-0.15, -0.1) is 0 Å². The van der Waals surface area contributed by atoms with Gasteiger partial charge in [0.15, 0.2) is 6.10 Å². The average molecular weight is 889 g/mol. The molecular weight excluding hydrogens is 815 g/mol. The van der Waals surface area contributed by atoms with Crippen molar-refractivity contribution >= 4 is 19.8 Å². The molecule has 0 saturated heterocycles. The smallest absolute Gasteiger partial charge is 0.462 e. The van der Waals surface area contributed by atoms with Crippen LogP contribution in [0, 0.1) is 0 Å². The Kier molecular flexibility index (Phi) is 33.3. The third-order valence-electron chi connectivity index (χ3n) is 9.18. The van der Waals surface area contributed by atoms with Gasteiger partial charge in [0.1, 0.15) is 43.2 Å². The third-order valence-corrected chi connectivity index (χ3v) is 10.2. The number of unbranched alkanes of at least 4 members (excludes halogenated alkanes) is 5. The number of carbonyl (C=O) groups is 2. The van der Waals surface area contributed by atoms with Crippen LogP contribution in [0.5, 0.6) is 0 Å². The fourth-order valence-corrected chi connectivity index (χ4v) is 6.67. The van der Waals surface area contributed by atoms with Crippen LogP contribution in [0.4, 0.5) is 0 Å². The van der Waals surface area contributed by atoms with Crippen molar-refractivity contribution in [3.63, 3.8) is 0 Å². The molecule has 348 valence electrons. The minimum absolute atomic E-state index is 0.0139. The lowest BCUT2D eigenvalue weighted by atomic mass is 9.85. The van der Waals surface area contributed by atoms with Crippen LogP contribution in [0.1, 0.15) is 110 Å². The molecule has 1 aliphatic rings. The van der Waals surface area contributed by atoms with Gasteiger partial charge in [-0.05, 0) is 70.6 Å². The molecule has 0 aromatic rings. The van der Waals surface area contributed by atoms with Gasteiger partial charge in [0.25, 0.3) is 0 Å². The fourth-order valence-electron chi connectivity index (χ4n) is 5.69. The molecule has 0 bridgehead atoms. The zero-order valence-electron chi connectivity index (χ0n) is 36.6. The van der Waals surface area contributed by atoms with Gasteiger partial charge < -0.3 is 39.9 Å². The molecule has 0 heterocycles. The molecular formula is C48H73O13P. The fraction of sp³-hybridized carbons (Fsp3) is 0.542. The van der Waals surface area contributed by atoms with Crippen LogP contribution in [0.15, 0.2) is 122 Å². The highest BCUT2D eigenvalue weighted by Gasteiger charge is 2.51. The summed E-state index contributed by atoms with van der Waals surface area (Å²) < 4.78 is 33.3. The first-order valence-electron chi connectivity index (χ1n) is 21.9. The first-order valence-corrected chi connectivity index (χ1v) is 23.4. The predicted octanol–water partition coefficient (Wildman–Crippen LogP) is 8.22. The van der Waals surface area contributed by atoms with E-state index in [-0.39, 0.29) is 12.8 Å². The van der Waals surface area contributed by atoms with Gasteiger partial charge in [0.2, 0.25) is 0 Å². The maximum atomic E-state index is 12.8. The molecule has 0 aliphatic heterocycles. The highest BCUT2D eigenvalue weighted by molar-refractivity contribution is 7.47. The van der Waals surface area contributed by atoms with Crippen molar-refractivity contribution in [1.82, 2.24) is 0 Å². The van der Waals surface area contributed by atoms with Gasteiger partial charge in [-0.2, -0.15) is 0 Å². The SMILES string of the molecule is CC/C=C/C=C/C=C/C=C/C=C/CCCC(=O)OC(COC(=O)CCCCCC/C=C/C/C=C/C/C=C/C/C=C/C/C=C/CC)COP(=O)(O)OC1C(O)C(O)C(O)[C@H](O)C1O. The van der Waals surface area contributed by atoms with Gasteiger partial charge >= 0.3 is 19.8 Å². The zero-order valence-corrected chi connectivity index (χ0v) is 37.5. The van der Waals surface area contributed by atoms with Crippen LogP contribution in [-0.4, -0.2) is 98.3 Å². The van der Waals surface area contributed by atoms with Gasteiger partial charge in [0, 0.05) is 12.8 Å². The summed E-state index contributed by atoms with van der Waals surface area (Å²) in [5.74, 6) is -1.23. The Morgan fingerprint density at radius 2 is 0.968 bits per heavy atom. The number of esters is 2. The molecule has 13 nitrogen and oxygen atoms in total. The monoisotopic (exact) mass is 888 g/mol. The summed E-state index contributed by atoms with van der Waals surface area (Å²) in [7, 11) is -5.15. The number of carbonyl (C=O) groups excluding carboxylic acids is 2. The van der Waals surface area contributed by atoms with E-state index in [2.05, 4.69) is 80.7 Å².